The number of benzene rings is 1. The number of oxime groups is 1. The Morgan fingerprint density at radius 2 is 1.78 bits per heavy atom. The van der Waals surface area contributed by atoms with Gasteiger partial charge in [-0.25, -0.2) is 4.79 Å². The van der Waals surface area contributed by atoms with Crippen LogP contribution in [0.2, 0.25) is 0 Å². The first-order valence-corrected chi connectivity index (χ1v) is 8.79. The van der Waals surface area contributed by atoms with Crippen molar-refractivity contribution in [2.24, 2.45) is 5.16 Å². The van der Waals surface area contributed by atoms with Crippen LogP contribution in [0.1, 0.15) is 59.9 Å². The second-order valence-electron chi connectivity index (χ2n) is 8.62. The average molecular weight is 377 g/mol. The number of aromatic hydroxyl groups is 1. The van der Waals surface area contributed by atoms with Crippen LogP contribution in [0.4, 0.5) is 0 Å². The Labute approximate surface area is 159 Å². The molecule has 0 aromatic heterocycles. The molecule has 148 valence electrons. The van der Waals surface area contributed by atoms with Crippen molar-refractivity contribution in [1.82, 2.24) is 0 Å². The van der Waals surface area contributed by atoms with Gasteiger partial charge in [-0.2, -0.15) is 0 Å². The lowest BCUT2D eigenvalue weighted by molar-refractivity contribution is -0.188. The van der Waals surface area contributed by atoms with Crippen LogP contribution >= 0.6 is 0 Å². The fraction of sp³-hybridized carbons (Fsp3) is 0.550. The smallest absolute Gasteiger partial charge is 0.354 e. The summed E-state index contributed by atoms with van der Waals surface area (Å²) in [5.74, 6) is -1.20. The zero-order valence-electron chi connectivity index (χ0n) is 16.7. The quantitative estimate of drug-likeness (QED) is 0.809. The molecule has 0 amide bonds. The summed E-state index contributed by atoms with van der Waals surface area (Å²) in [6, 6.07) is 6.44. The number of hydrogen-bond donors (Lipinski definition) is 1. The molecule has 7 heteroatoms. The first-order valence-electron chi connectivity index (χ1n) is 8.79. The van der Waals surface area contributed by atoms with Crippen molar-refractivity contribution in [2.45, 2.75) is 71.2 Å². The highest BCUT2D eigenvalue weighted by Crippen LogP contribution is 2.34. The van der Waals surface area contributed by atoms with Gasteiger partial charge in [-0.1, -0.05) is 17.3 Å². The molecule has 1 heterocycles. The molecule has 1 aromatic rings. The number of carbonyl (C=O) groups is 2. The monoisotopic (exact) mass is 377 g/mol. The summed E-state index contributed by atoms with van der Waals surface area (Å²) < 4.78 is 10.8. The van der Waals surface area contributed by atoms with E-state index < -0.39 is 28.7 Å². The molecule has 1 aliphatic rings. The van der Waals surface area contributed by atoms with Crippen molar-refractivity contribution < 1.29 is 29.0 Å². The summed E-state index contributed by atoms with van der Waals surface area (Å²) in [5, 5.41) is 13.7. The molecule has 0 saturated carbocycles. The molecule has 0 aliphatic carbocycles. The van der Waals surface area contributed by atoms with Crippen LogP contribution in [0.15, 0.2) is 29.4 Å². The summed E-state index contributed by atoms with van der Waals surface area (Å²) in [6.45, 7) is 10.4. The first-order chi connectivity index (χ1) is 12.3. The number of nitrogens with zero attached hydrogens (tertiary/aromatic N) is 1. The van der Waals surface area contributed by atoms with Crippen LogP contribution in [0.25, 0.3) is 0 Å². The number of phenolic OH excluding ortho intramolecular Hbond substituents is 1. The normalized spacial score (nSPS) is 19.9. The van der Waals surface area contributed by atoms with E-state index in [2.05, 4.69) is 5.16 Å². The van der Waals surface area contributed by atoms with Crippen molar-refractivity contribution in [3.05, 3.63) is 29.8 Å². The minimum absolute atomic E-state index is 0.0324. The standard InChI is InChI=1S/C20H27NO6/c1-18(2,3)25-16(23)12-20(17(24)26-19(4,5)6)11-15(21-27-20)13-8-7-9-14(22)10-13/h7-10,22H,11-12H2,1-6H3. The molecular formula is C20H27NO6. The number of ether oxygens (including phenoxy) is 2. The Hall–Kier alpha value is -2.57. The lowest BCUT2D eigenvalue weighted by atomic mass is 9.90. The molecule has 1 atom stereocenters. The predicted molar refractivity (Wildman–Crippen MR) is 99.4 cm³/mol. The van der Waals surface area contributed by atoms with E-state index in [1.807, 2.05) is 0 Å². The van der Waals surface area contributed by atoms with Gasteiger partial charge in [0.05, 0.1) is 12.1 Å². The van der Waals surface area contributed by atoms with E-state index >= 15 is 0 Å². The lowest BCUT2D eigenvalue weighted by Gasteiger charge is -2.29. The summed E-state index contributed by atoms with van der Waals surface area (Å²) in [6.07, 6.45) is -0.296. The van der Waals surface area contributed by atoms with Crippen molar-refractivity contribution in [1.29, 1.82) is 0 Å². The SMILES string of the molecule is CC(C)(C)OC(=O)CC1(C(=O)OC(C)(C)C)CC(c2cccc(O)c2)=NO1. The van der Waals surface area contributed by atoms with Gasteiger partial charge < -0.3 is 19.4 Å². The van der Waals surface area contributed by atoms with E-state index in [-0.39, 0.29) is 18.6 Å². The van der Waals surface area contributed by atoms with Gasteiger partial charge in [0.25, 0.3) is 0 Å². The number of phenols is 1. The van der Waals surface area contributed by atoms with Gasteiger partial charge in [0.15, 0.2) is 0 Å². The lowest BCUT2D eigenvalue weighted by Crippen LogP contribution is -2.46. The van der Waals surface area contributed by atoms with E-state index in [4.69, 9.17) is 14.3 Å². The van der Waals surface area contributed by atoms with Crippen LogP contribution in [0.5, 0.6) is 5.75 Å². The van der Waals surface area contributed by atoms with Crippen LogP contribution in [0.3, 0.4) is 0 Å². The van der Waals surface area contributed by atoms with Gasteiger partial charge in [-0.05, 0) is 53.7 Å². The Balaban J connectivity index is 2.27. The predicted octanol–water partition coefficient (Wildman–Crippen LogP) is 3.33. The Kier molecular flexibility index (Phi) is 5.54. The highest BCUT2D eigenvalue weighted by Gasteiger charge is 2.52. The third-order valence-corrected chi connectivity index (χ3v) is 3.58. The van der Waals surface area contributed by atoms with Crippen LogP contribution in [-0.4, -0.2) is 39.6 Å². The van der Waals surface area contributed by atoms with Crippen molar-refractivity contribution in [2.75, 3.05) is 0 Å². The summed E-state index contributed by atoms with van der Waals surface area (Å²) >= 11 is 0. The average Bonchev–Trinajstić information content (AvgIpc) is 2.89. The van der Waals surface area contributed by atoms with Gasteiger partial charge in [-0.15, -0.1) is 0 Å². The molecule has 0 spiro atoms. The molecule has 7 nitrogen and oxygen atoms in total. The minimum atomic E-state index is -1.60. The Morgan fingerprint density at radius 1 is 1.15 bits per heavy atom. The number of esters is 2. The zero-order chi connectivity index (χ0) is 20.5. The Bertz CT molecular complexity index is 756. The number of rotatable bonds is 4. The molecule has 1 unspecified atom stereocenters. The minimum Gasteiger partial charge on any atom is -0.508 e. The molecule has 1 aliphatic heterocycles. The van der Waals surface area contributed by atoms with E-state index in [1.54, 1.807) is 53.7 Å². The summed E-state index contributed by atoms with van der Waals surface area (Å²) in [4.78, 5) is 30.7. The summed E-state index contributed by atoms with van der Waals surface area (Å²) in [7, 11) is 0. The molecule has 0 saturated heterocycles. The molecule has 0 radical (unpaired) electrons. The van der Waals surface area contributed by atoms with E-state index in [1.165, 1.54) is 12.1 Å². The molecule has 0 fully saturated rings. The third-order valence-electron chi connectivity index (χ3n) is 3.58. The first kappa shape index (κ1) is 20.7. The highest BCUT2D eigenvalue weighted by molar-refractivity contribution is 6.05. The van der Waals surface area contributed by atoms with Gasteiger partial charge in [0.1, 0.15) is 17.0 Å². The van der Waals surface area contributed by atoms with Crippen molar-refractivity contribution >= 4 is 17.7 Å². The fourth-order valence-corrected chi connectivity index (χ4v) is 2.58. The van der Waals surface area contributed by atoms with Crippen LogP contribution in [0, 0.1) is 0 Å². The van der Waals surface area contributed by atoms with Gasteiger partial charge >= 0.3 is 11.9 Å². The zero-order valence-corrected chi connectivity index (χ0v) is 16.7. The maximum absolute atomic E-state index is 12.9. The molecule has 0 bridgehead atoms. The second-order valence-corrected chi connectivity index (χ2v) is 8.62. The second kappa shape index (κ2) is 7.21. The van der Waals surface area contributed by atoms with Gasteiger partial charge in [-0.3, -0.25) is 4.79 Å². The molecule has 1 aromatic carbocycles. The van der Waals surface area contributed by atoms with Gasteiger partial charge in [0.2, 0.25) is 5.60 Å². The van der Waals surface area contributed by atoms with E-state index in [9.17, 15) is 14.7 Å². The summed E-state index contributed by atoms with van der Waals surface area (Å²) in [5.41, 5.74) is -2.00. The Morgan fingerprint density at radius 3 is 2.33 bits per heavy atom. The van der Waals surface area contributed by atoms with Crippen molar-refractivity contribution in [3.63, 3.8) is 0 Å². The van der Waals surface area contributed by atoms with Gasteiger partial charge in [0, 0.05) is 12.0 Å². The molecule has 1 N–H and O–H groups in total. The fourth-order valence-electron chi connectivity index (χ4n) is 2.58. The van der Waals surface area contributed by atoms with E-state index in [0.717, 1.165) is 0 Å². The van der Waals surface area contributed by atoms with Crippen molar-refractivity contribution in [3.8, 4) is 5.75 Å². The van der Waals surface area contributed by atoms with E-state index in [0.29, 0.717) is 11.3 Å². The maximum Gasteiger partial charge on any atom is 0.354 e. The topological polar surface area (TPSA) is 94.4 Å². The third kappa shape index (κ3) is 5.70. The van der Waals surface area contributed by atoms with Crippen LogP contribution in [-0.2, 0) is 23.9 Å². The molecular weight excluding hydrogens is 350 g/mol. The molecule has 2 rings (SSSR count). The molecule has 27 heavy (non-hydrogen) atoms. The largest absolute Gasteiger partial charge is 0.508 e. The maximum atomic E-state index is 12.9. The highest BCUT2D eigenvalue weighted by atomic mass is 16.7. The van der Waals surface area contributed by atoms with Crippen LogP contribution < -0.4 is 0 Å². The number of carbonyl (C=O) groups excluding carboxylic acids is 2. The number of hydrogen-bond acceptors (Lipinski definition) is 7.